The summed E-state index contributed by atoms with van der Waals surface area (Å²) in [6.45, 7) is 6.37. The number of nitro groups is 1. The Morgan fingerprint density at radius 2 is 1.74 bits per heavy atom. The number of amides is 1. The van der Waals surface area contributed by atoms with E-state index in [4.69, 9.17) is 4.98 Å². The molecule has 1 heterocycles. The molecule has 3 aromatic carbocycles. The third kappa shape index (κ3) is 5.39. The molecule has 1 amide bonds. The Kier molecular flexibility index (Phi) is 8.11. The summed E-state index contributed by atoms with van der Waals surface area (Å²) in [6.07, 6.45) is 4.54. The molecular formula is C30H30N4O4. The van der Waals surface area contributed by atoms with Crippen LogP contribution in [0.25, 0.3) is 22.7 Å². The van der Waals surface area contributed by atoms with E-state index in [1.807, 2.05) is 63.2 Å². The summed E-state index contributed by atoms with van der Waals surface area (Å²) in [4.78, 5) is 44.3. The standard InChI is InChI=1S/C30H30N4O4/c1-4-20-32(28(35)19-16-22-14-17-24(18-15-22)34(37)38)21(3)29-31-26-12-8-7-11-25(26)30(36)33(29)27-13-9-6-10-23(27)5-2/h6-19,21H,4-5,20H2,1-3H3/b19-16+. The van der Waals surface area contributed by atoms with Crippen LogP contribution in [0.5, 0.6) is 0 Å². The number of hydrogen-bond acceptors (Lipinski definition) is 5. The minimum Gasteiger partial charge on any atom is -0.329 e. The number of benzene rings is 3. The van der Waals surface area contributed by atoms with Crippen molar-refractivity contribution < 1.29 is 9.72 Å². The number of non-ortho nitro benzene ring substituents is 1. The van der Waals surface area contributed by atoms with Gasteiger partial charge in [-0.1, -0.05) is 44.2 Å². The Morgan fingerprint density at radius 1 is 1.05 bits per heavy atom. The van der Waals surface area contributed by atoms with E-state index in [9.17, 15) is 19.7 Å². The Morgan fingerprint density at radius 3 is 2.42 bits per heavy atom. The smallest absolute Gasteiger partial charge is 0.269 e. The predicted molar refractivity (Wildman–Crippen MR) is 149 cm³/mol. The second-order valence-electron chi connectivity index (χ2n) is 9.00. The van der Waals surface area contributed by atoms with E-state index in [0.29, 0.717) is 35.3 Å². The van der Waals surface area contributed by atoms with E-state index >= 15 is 0 Å². The van der Waals surface area contributed by atoms with E-state index < -0.39 is 11.0 Å². The first-order valence-corrected chi connectivity index (χ1v) is 12.7. The molecule has 0 spiro atoms. The summed E-state index contributed by atoms with van der Waals surface area (Å²) in [5.41, 5.74) is 2.82. The van der Waals surface area contributed by atoms with Crippen molar-refractivity contribution in [1.29, 1.82) is 0 Å². The molecule has 1 unspecified atom stereocenters. The van der Waals surface area contributed by atoms with Gasteiger partial charge in [-0.25, -0.2) is 4.98 Å². The van der Waals surface area contributed by atoms with Gasteiger partial charge in [0.15, 0.2) is 0 Å². The summed E-state index contributed by atoms with van der Waals surface area (Å²) < 4.78 is 1.64. The third-order valence-electron chi connectivity index (χ3n) is 6.53. The van der Waals surface area contributed by atoms with Crippen molar-refractivity contribution in [3.63, 3.8) is 0 Å². The fourth-order valence-corrected chi connectivity index (χ4v) is 4.54. The zero-order valence-corrected chi connectivity index (χ0v) is 21.7. The Bertz CT molecular complexity index is 1560. The summed E-state index contributed by atoms with van der Waals surface area (Å²) >= 11 is 0. The number of carbonyl (C=O) groups is 1. The van der Waals surface area contributed by atoms with Crippen LogP contribution in [0.4, 0.5) is 5.69 Å². The number of aryl methyl sites for hydroxylation is 1. The zero-order chi connectivity index (χ0) is 27.2. The number of nitrogens with zero attached hydrogens (tertiary/aromatic N) is 4. The van der Waals surface area contributed by atoms with Gasteiger partial charge in [0.05, 0.1) is 27.6 Å². The van der Waals surface area contributed by atoms with E-state index in [0.717, 1.165) is 17.7 Å². The Hall–Kier alpha value is -4.59. The monoisotopic (exact) mass is 510 g/mol. The van der Waals surface area contributed by atoms with Crippen LogP contribution in [0.3, 0.4) is 0 Å². The highest BCUT2D eigenvalue weighted by atomic mass is 16.6. The average Bonchev–Trinajstić information content (AvgIpc) is 2.94. The molecule has 1 aromatic heterocycles. The largest absolute Gasteiger partial charge is 0.329 e. The number of fused-ring (bicyclic) bond motifs is 1. The lowest BCUT2D eigenvalue weighted by atomic mass is 10.1. The fourth-order valence-electron chi connectivity index (χ4n) is 4.54. The molecule has 194 valence electrons. The minimum absolute atomic E-state index is 0.0116. The second-order valence-corrected chi connectivity index (χ2v) is 9.00. The van der Waals surface area contributed by atoms with Crippen molar-refractivity contribution >= 4 is 28.6 Å². The van der Waals surface area contributed by atoms with Crippen LogP contribution in [0.15, 0.2) is 83.7 Å². The molecule has 0 radical (unpaired) electrons. The summed E-state index contributed by atoms with van der Waals surface area (Å²) in [5.74, 6) is 0.246. The van der Waals surface area contributed by atoms with Crippen LogP contribution in [-0.4, -0.2) is 31.8 Å². The van der Waals surface area contributed by atoms with Crippen molar-refractivity contribution in [3.05, 3.63) is 116 Å². The van der Waals surface area contributed by atoms with Crippen molar-refractivity contribution in [2.75, 3.05) is 6.54 Å². The average molecular weight is 511 g/mol. The normalized spacial score (nSPS) is 12.1. The lowest BCUT2D eigenvalue weighted by Crippen LogP contribution is -2.37. The van der Waals surface area contributed by atoms with Gasteiger partial charge in [0.25, 0.3) is 11.2 Å². The van der Waals surface area contributed by atoms with Crippen molar-refractivity contribution in [2.45, 2.75) is 39.7 Å². The molecule has 8 nitrogen and oxygen atoms in total. The summed E-state index contributed by atoms with van der Waals surface area (Å²) in [5, 5.41) is 11.4. The van der Waals surface area contributed by atoms with Gasteiger partial charge in [-0.2, -0.15) is 0 Å². The SMILES string of the molecule is CCCN(C(=O)/C=C/c1ccc([N+](=O)[O-])cc1)C(C)c1nc2ccccc2c(=O)n1-c1ccccc1CC. The highest BCUT2D eigenvalue weighted by Gasteiger charge is 2.26. The molecule has 0 saturated carbocycles. The highest BCUT2D eigenvalue weighted by molar-refractivity contribution is 5.92. The zero-order valence-electron chi connectivity index (χ0n) is 21.7. The molecular weight excluding hydrogens is 480 g/mol. The molecule has 0 fully saturated rings. The maximum absolute atomic E-state index is 13.8. The lowest BCUT2D eigenvalue weighted by molar-refractivity contribution is -0.384. The molecule has 0 aliphatic heterocycles. The molecule has 0 aliphatic rings. The van der Waals surface area contributed by atoms with Gasteiger partial charge in [0.2, 0.25) is 5.91 Å². The van der Waals surface area contributed by atoms with Crippen molar-refractivity contribution in [3.8, 4) is 5.69 Å². The quantitative estimate of drug-likeness (QED) is 0.159. The van der Waals surface area contributed by atoms with E-state index in [1.54, 1.807) is 33.7 Å². The number of rotatable bonds is 9. The van der Waals surface area contributed by atoms with Gasteiger partial charge in [-0.3, -0.25) is 24.3 Å². The van der Waals surface area contributed by atoms with Gasteiger partial charge in [0, 0.05) is 24.8 Å². The van der Waals surface area contributed by atoms with Crippen LogP contribution in [0, 0.1) is 10.1 Å². The number of hydrogen-bond donors (Lipinski definition) is 0. The fraction of sp³-hybridized carbons (Fsp3) is 0.233. The van der Waals surface area contributed by atoms with Crippen molar-refractivity contribution in [2.24, 2.45) is 0 Å². The second kappa shape index (κ2) is 11.6. The maximum atomic E-state index is 13.8. The topological polar surface area (TPSA) is 98.3 Å². The van der Waals surface area contributed by atoms with Crippen LogP contribution in [-0.2, 0) is 11.2 Å². The number of aromatic nitrogens is 2. The molecule has 0 N–H and O–H groups in total. The summed E-state index contributed by atoms with van der Waals surface area (Å²) in [7, 11) is 0. The van der Waals surface area contributed by atoms with E-state index in [1.165, 1.54) is 18.2 Å². The van der Waals surface area contributed by atoms with Gasteiger partial charge < -0.3 is 4.90 Å². The number of nitro benzene ring substituents is 1. The predicted octanol–water partition coefficient (Wildman–Crippen LogP) is 5.87. The van der Waals surface area contributed by atoms with E-state index in [2.05, 4.69) is 0 Å². The Balaban J connectivity index is 1.79. The van der Waals surface area contributed by atoms with Crippen LogP contribution < -0.4 is 5.56 Å². The number of carbonyl (C=O) groups excluding carboxylic acids is 1. The third-order valence-corrected chi connectivity index (χ3v) is 6.53. The van der Waals surface area contributed by atoms with Gasteiger partial charge in [0.1, 0.15) is 5.82 Å². The molecule has 0 bridgehead atoms. The van der Waals surface area contributed by atoms with Crippen molar-refractivity contribution in [1.82, 2.24) is 14.5 Å². The Labute approximate surface area is 221 Å². The van der Waals surface area contributed by atoms with Crippen LogP contribution in [0.1, 0.15) is 50.2 Å². The van der Waals surface area contributed by atoms with Gasteiger partial charge in [-0.15, -0.1) is 0 Å². The first-order chi connectivity index (χ1) is 18.3. The lowest BCUT2D eigenvalue weighted by Gasteiger charge is -2.30. The molecule has 8 heteroatoms. The number of para-hydroxylation sites is 2. The van der Waals surface area contributed by atoms with Gasteiger partial charge >= 0.3 is 0 Å². The highest BCUT2D eigenvalue weighted by Crippen LogP contribution is 2.25. The summed E-state index contributed by atoms with van der Waals surface area (Å²) in [6, 6.07) is 20.5. The molecule has 1 atom stereocenters. The molecule has 0 saturated heterocycles. The van der Waals surface area contributed by atoms with Crippen LogP contribution >= 0.6 is 0 Å². The maximum Gasteiger partial charge on any atom is 0.269 e. The molecule has 4 aromatic rings. The van der Waals surface area contributed by atoms with E-state index in [-0.39, 0.29) is 17.2 Å². The molecule has 0 aliphatic carbocycles. The van der Waals surface area contributed by atoms with Gasteiger partial charge in [-0.05, 0) is 67.3 Å². The van der Waals surface area contributed by atoms with Crippen LogP contribution in [0.2, 0.25) is 0 Å². The first kappa shape index (κ1) is 26.5. The molecule has 38 heavy (non-hydrogen) atoms. The minimum atomic E-state index is -0.508. The molecule has 4 rings (SSSR count). The first-order valence-electron chi connectivity index (χ1n) is 12.7.